The molecule has 1 aliphatic heterocycles. The largest absolute Gasteiger partial charge is 0.481 e. The zero-order valence-corrected chi connectivity index (χ0v) is 40.3. The maximum atomic E-state index is 12.7. The highest BCUT2D eigenvalue weighted by molar-refractivity contribution is 8.13. The van der Waals surface area contributed by atoms with Crippen molar-refractivity contribution in [1.82, 2.24) is 30.2 Å². The van der Waals surface area contributed by atoms with Gasteiger partial charge in [0.25, 0.3) is 0 Å². The van der Waals surface area contributed by atoms with Gasteiger partial charge in [-0.25, -0.2) is 28.6 Å². The van der Waals surface area contributed by atoms with Crippen LogP contribution in [-0.2, 0) is 50.7 Å². The number of nitrogens with zero attached hydrogens (tertiary/aromatic N) is 4. The number of phosphoric ester groups is 3. The number of allylic oxidation sites excluding steroid dienone is 4. The smallest absolute Gasteiger partial charge is 0.393 e. The quantitative estimate of drug-likeness (QED) is 0.0295. The third-order valence-electron chi connectivity index (χ3n) is 9.66. The number of nitrogen functional groups attached to an aromatic ring is 1. The van der Waals surface area contributed by atoms with Crippen LogP contribution in [0.25, 0.3) is 11.2 Å². The molecule has 2 aromatic rings. The Morgan fingerprint density at radius 1 is 0.970 bits per heavy atom. The number of aromatic nitrogens is 4. The number of fused-ring (bicyclic) bond motifs is 1. The van der Waals surface area contributed by atoms with Crippen molar-refractivity contribution in [3.63, 3.8) is 0 Å². The van der Waals surface area contributed by atoms with E-state index in [4.69, 9.17) is 19.5 Å². The molecule has 3 rings (SSSR count). The molecular formula is C37H62N7O18P3S. The Morgan fingerprint density at radius 3 is 2.33 bits per heavy atom. The molecular weight excluding hydrogens is 955 g/mol. The molecule has 25 nitrogen and oxygen atoms in total. The average Bonchev–Trinajstić information content (AvgIpc) is 3.79. The van der Waals surface area contributed by atoms with E-state index in [0.29, 0.717) is 6.42 Å². The van der Waals surface area contributed by atoms with Crippen LogP contribution in [0.4, 0.5) is 5.82 Å². The van der Waals surface area contributed by atoms with Crippen molar-refractivity contribution in [3.8, 4) is 0 Å². The number of carbonyl (C=O) groups is 3. The van der Waals surface area contributed by atoms with Gasteiger partial charge in [0.15, 0.2) is 22.8 Å². The van der Waals surface area contributed by atoms with Crippen LogP contribution in [0, 0.1) is 5.41 Å². The highest BCUT2D eigenvalue weighted by atomic mass is 32.2. The van der Waals surface area contributed by atoms with Crippen LogP contribution < -0.4 is 16.4 Å². The predicted octanol–water partition coefficient (Wildman–Crippen LogP) is 2.67. The summed E-state index contributed by atoms with van der Waals surface area (Å²) in [6.45, 7) is 2.54. The first-order valence-corrected chi connectivity index (χ1v) is 26.5. The van der Waals surface area contributed by atoms with E-state index >= 15 is 0 Å². The van der Waals surface area contributed by atoms with Crippen molar-refractivity contribution in [2.24, 2.45) is 5.41 Å². The first-order chi connectivity index (χ1) is 30.9. The van der Waals surface area contributed by atoms with Crippen LogP contribution in [0.5, 0.6) is 0 Å². The number of rotatable bonds is 31. The Hall–Kier alpha value is -3.00. The molecule has 2 unspecified atom stereocenters. The van der Waals surface area contributed by atoms with E-state index in [1.54, 1.807) is 0 Å². The van der Waals surface area contributed by atoms with Crippen LogP contribution in [0.1, 0.15) is 91.2 Å². The summed E-state index contributed by atoms with van der Waals surface area (Å²) in [6, 6.07) is 0. The van der Waals surface area contributed by atoms with E-state index in [1.165, 1.54) is 33.1 Å². The third kappa shape index (κ3) is 20.3. The molecule has 2 aromatic heterocycles. The van der Waals surface area contributed by atoms with Crippen LogP contribution in [0.2, 0.25) is 0 Å². The van der Waals surface area contributed by atoms with Gasteiger partial charge >= 0.3 is 23.5 Å². The molecule has 2 amide bonds. The number of imidazole rings is 1. The molecule has 11 N–H and O–H groups in total. The molecule has 0 radical (unpaired) electrons. The van der Waals surface area contributed by atoms with Gasteiger partial charge in [-0.05, 0) is 38.5 Å². The summed E-state index contributed by atoms with van der Waals surface area (Å²) in [5.41, 5.74) is 4.24. The summed E-state index contributed by atoms with van der Waals surface area (Å²) in [6.07, 6.45) is 8.36. The number of hydrogen-bond acceptors (Lipinski definition) is 19. The van der Waals surface area contributed by atoms with E-state index in [9.17, 15) is 63.0 Å². The van der Waals surface area contributed by atoms with Gasteiger partial charge in [-0.3, -0.25) is 32.5 Å². The number of thioether (sulfide) groups is 1. The molecule has 66 heavy (non-hydrogen) atoms. The molecule has 0 aliphatic carbocycles. The number of carbonyl (C=O) groups excluding carboxylic acids is 3. The molecule has 0 spiro atoms. The van der Waals surface area contributed by atoms with Crippen molar-refractivity contribution < 1.29 is 85.6 Å². The number of amides is 2. The van der Waals surface area contributed by atoms with Crippen LogP contribution >= 0.6 is 35.2 Å². The van der Waals surface area contributed by atoms with Gasteiger partial charge in [0.2, 0.25) is 11.8 Å². The molecule has 1 fully saturated rings. The number of aliphatic hydroxyl groups excluding tert-OH is 3. The Balaban J connectivity index is 1.35. The number of hydrogen-bond donors (Lipinski definition) is 10. The molecule has 1 saturated heterocycles. The first kappa shape index (κ1) is 57.3. The van der Waals surface area contributed by atoms with Crippen LogP contribution in [0.15, 0.2) is 37.0 Å². The minimum Gasteiger partial charge on any atom is -0.393 e. The normalized spacial score (nSPS) is 20.9. The van der Waals surface area contributed by atoms with Gasteiger partial charge in [-0.1, -0.05) is 69.7 Å². The van der Waals surface area contributed by atoms with E-state index in [-0.39, 0.29) is 53.8 Å². The van der Waals surface area contributed by atoms with Gasteiger partial charge in [0, 0.05) is 37.1 Å². The molecule has 374 valence electrons. The number of nitrogens with one attached hydrogen (secondary N) is 2. The summed E-state index contributed by atoms with van der Waals surface area (Å²) in [7, 11) is -16.4. The van der Waals surface area contributed by atoms with Crippen molar-refractivity contribution in [2.45, 2.75) is 122 Å². The van der Waals surface area contributed by atoms with Crippen molar-refractivity contribution >= 4 is 69.1 Å². The number of phosphoric acid groups is 3. The molecule has 0 bridgehead atoms. The second-order valence-electron chi connectivity index (χ2n) is 15.8. The zero-order chi connectivity index (χ0) is 49.1. The number of anilines is 1. The zero-order valence-electron chi connectivity index (χ0n) is 36.8. The Kier molecular flexibility index (Phi) is 23.7. The summed E-state index contributed by atoms with van der Waals surface area (Å²) in [5, 5.41) is 36.5. The fraction of sp³-hybridized carbons (Fsp3) is 0.676. The molecule has 1 aliphatic rings. The highest BCUT2D eigenvalue weighted by Gasteiger charge is 2.50. The highest BCUT2D eigenvalue weighted by Crippen LogP contribution is 2.61. The lowest BCUT2D eigenvalue weighted by molar-refractivity contribution is -0.137. The number of aliphatic hydroxyl groups is 3. The summed E-state index contributed by atoms with van der Waals surface area (Å²) < 4.78 is 62.3. The Labute approximate surface area is 385 Å². The maximum Gasteiger partial charge on any atom is 0.481 e. The predicted molar refractivity (Wildman–Crippen MR) is 239 cm³/mol. The van der Waals surface area contributed by atoms with Crippen molar-refractivity contribution in [3.05, 3.63) is 37.0 Å². The molecule has 29 heteroatoms. The number of nitrogens with two attached hydrogens (primary N) is 1. The molecule has 8 atom stereocenters. The minimum absolute atomic E-state index is 0.00922. The van der Waals surface area contributed by atoms with Gasteiger partial charge in [0.1, 0.15) is 36.3 Å². The third-order valence-corrected chi connectivity index (χ3v) is 13.7. The standard InChI is InChI=1S/C37H62N7O18P3S/c1-4-5-6-7-8-9-10-11-12-13-14-15-25(45)20-28(47)66-19-18-39-27(46)16-17-40-35(50)32(49)37(2,3)22-59-65(56,57)62-64(54,55)58-21-26-31(61-63(51,52)53)30(48)36(60-26)44-24-43-29-33(38)41-23-42-34(29)44/h8-9,11-12,23-26,30-32,36,45,48-49H,4-7,10,13-22H2,1-3H3,(H,39,46)(H,40,50)(H,54,55)(H,56,57)(H2,38,41,42)(H2,51,52,53)/b9-8-,12-11-/t25-,26-,30-,31-,32+,36-/m1/s1. The van der Waals surface area contributed by atoms with E-state index in [0.717, 1.165) is 54.7 Å². The second kappa shape index (κ2) is 27.3. The lowest BCUT2D eigenvalue weighted by Crippen LogP contribution is -2.46. The minimum atomic E-state index is -5.59. The number of unbranched alkanes of at least 4 members (excludes halogenated alkanes) is 4. The Morgan fingerprint density at radius 2 is 1.65 bits per heavy atom. The lowest BCUT2D eigenvalue weighted by atomic mass is 9.87. The van der Waals surface area contributed by atoms with Crippen molar-refractivity contribution in [1.29, 1.82) is 0 Å². The van der Waals surface area contributed by atoms with Crippen LogP contribution in [0.3, 0.4) is 0 Å². The maximum absolute atomic E-state index is 12.7. The average molecular weight is 1020 g/mol. The van der Waals surface area contributed by atoms with E-state index in [1.807, 2.05) is 0 Å². The van der Waals surface area contributed by atoms with Crippen molar-refractivity contribution in [2.75, 3.05) is 37.8 Å². The van der Waals surface area contributed by atoms with Gasteiger partial charge < -0.3 is 56.0 Å². The lowest BCUT2D eigenvalue weighted by Gasteiger charge is -2.30. The van der Waals surface area contributed by atoms with Gasteiger partial charge in [0.05, 0.1) is 25.6 Å². The number of ether oxygens (including phenoxy) is 1. The fourth-order valence-corrected chi connectivity index (χ4v) is 9.71. The molecule has 3 heterocycles. The molecule has 0 saturated carbocycles. The SMILES string of the molecule is CCCCC/C=C\C/C=C\CCC[C@@H](O)CC(=O)SCCNC(=O)CCNC(=O)[C@H](O)C(C)(C)COP(=O)(O)OP(=O)(O)OC[C@H]1O[C@@H](n2cnc3c(N)ncnc32)[C@H](O)[C@@H]1OP(=O)(O)O. The van der Waals surface area contributed by atoms with Gasteiger partial charge in [-0.2, -0.15) is 4.31 Å². The van der Waals surface area contributed by atoms with Crippen LogP contribution in [-0.4, -0.2) is 134 Å². The van der Waals surface area contributed by atoms with E-state index < -0.39 is 90.7 Å². The second-order valence-corrected chi connectivity index (χ2v) is 21.1. The Bertz CT molecular complexity index is 2090. The molecule has 0 aromatic carbocycles. The van der Waals surface area contributed by atoms with E-state index in [2.05, 4.69) is 65.6 Å². The topological polar surface area (TPSA) is 384 Å². The fourth-order valence-electron chi connectivity index (χ4n) is 6.14. The van der Waals surface area contributed by atoms with Gasteiger partial charge in [-0.15, -0.1) is 0 Å². The summed E-state index contributed by atoms with van der Waals surface area (Å²) >= 11 is 0.977. The monoisotopic (exact) mass is 1020 g/mol. The summed E-state index contributed by atoms with van der Waals surface area (Å²) in [5.74, 6) is -1.25. The first-order valence-electron chi connectivity index (χ1n) is 21.0. The summed E-state index contributed by atoms with van der Waals surface area (Å²) in [4.78, 5) is 88.3.